The van der Waals surface area contributed by atoms with E-state index in [9.17, 15) is 8.42 Å². The SMILES string of the molecule is CCNCc1cc(S(=O)(=O)NCC2CCCC2)cn1C. The van der Waals surface area contributed by atoms with Crippen molar-refractivity contribution >= 4 is 10.0 Å². The minimum atomic E-state index is -3.37. The summed E-state index contributed by atoms with van der Waals surface area (Å²) in [5.74, 6) is 0.509. The number of aromatic nitrogens is 1. The van der Waals surface area contributed by atoms with Gasteiger partial charge in [0.1, 0.15) is 0 Å². The fourth-order valence-corrected chi connectivity index (χ4v) is 3.89. The summed E-state index contributed by atoms with van der Waals surface area (Å²) in [4.78, 5) is 0.367. The summed E-state index contributed by atoms with van der Waals surface area (Å²) in [7, 11) is -1.50. The van der Waals surface area contributed by atoms with Gasteiger partial charge in [0.05, 0.1) is 4.90 Å². The van der Waals surface area contributed by atoms with E-state index in [0.29, 0.717) is 23.9 Å². The molecule has 6 heteroatoms. The van der Waals surface area contributed by atoms with Crippen molar-refractivity contribution in [2.75, 3.05) is 13.1 Å². The van der Waals surface area contributed by atoms with Crippen molar-refractivity contribution in [3.05, 3.63) is 18.0 Å². The Morgan fingerprint density at radius 2 is 2.05 bits per heavy atom. The van der Waals surface area contributed by atoms with Crippen LogP contribution in [0.4, 0.5) is 0 Å². The van der Waals surface area contributed by atoms with Gasteiger partial charge in [-0.15, -0.1) is 0 Å². The van der Waals surface area contributed by atoms with Crippen molar-refractivity contribution in [1.29, 1.82) is 0 Å². The van der Waals surface area contributed by atoms with Crippen LogP contribution in [0, 0.1) is 5.92 Å². The number of aryl methyl sites for hydroxylation is 1. The molecule has 1 saturated carbocycles. The standard InChI is InChI=1S/C14H25N3O2S/c1-3-15-10-13-8-14(11-17(13)2)20(18,19)16-9-12-6-4-5-7-12/h8,11-12,15-16H,3-7,9-10H2,1-2H3. The van der Waals surface area contributed by atoms with Gasteiger partial charge in [0.2, 0.25) is 10.0 Å². The highest BCUT2D eigenvalue weighted by Gasteiger charge is 2.21. The molecule has 2 rings (SSSR count). The van der Waals surface area contributed by atoms with Gasteiger partial charge in [0, 0.05) is 32.0 Å². The van der Waals surface area contributed by atoms with Gasteiger partial charge in [-0.2, -0.15) is 0 Å². The fraction of sp³-hybridized carbons (Fsp3) is 0.714. The Morgan fingerprint density at radius 3 is 2.70 bits per heavy atom. The van der Waals surface area contributed by atoms with E-state index in [1.54, 1.807) is 12.3 Å². The maximum absolute atomic E-state index is 12.3. The van der Waals surface area contributed by atoms with Gasteiger partial charge in [-0.25, -0.2) is 13.1 Å². The van der Waals surface area contributed by atoms with Crippen LogP contribution in [-0.2, 0) is 23.6 Å². The summed E-state index contributed by atoms with van der Waals surface area (Å²) in [5, 5.41) is 3.21. The summed E-state index contributed by atoms with van der Waals surface area (Å²) in [6.45, 7) is 4.15. The van der Waals surface area contributed by atoms with E-state index in [-0.39, 0.29) is 0 Å². The Bertz CT molecular complexity index is 531. The number of hydrogen-bond acceptors (Lipinski definition) is 3. The van der Waals surface area contributed by atoms with Crippen LogP contribution >= 0.6 is 0 Å². The van der Waals surface area contributed by atoms with Crippen molar-refractivity contribution in [3.63, 3.8) is 0 Å². The maximum atomic E-state index is 12.3. The van der Waals surface area contributed by atoms with Crippen LogP contribution in [0.2, 0.25) is 0 Å². The molecule has 0 atom stereocenters. The Balaban J connectivity index is 2.00. The Hall–Kier alpha value is -0.850. The fourth-order valence-electron chi connectivity index (χ4n) is 2.68. The molecule has 114 valence electrons. The largest absolute Gasteiger partial charge is 0.352 e. The first-order chi connectivity index (χ1) is 9.53. The van der Waals surface area contributed by atoms with E-state index >= 15 is 0 Å². The molecule has 0 saturated heterocycles. The second-order valence-corrected chi connectivity index (χ2v) is 7.33. The monoisotopic (exact) mass is 299 g/mol. The summed E-state index contributed by atoms with van der Waals surface area (Å²) >= 11 is 0. The number of sulfonamides is 1. The lowest BCUT2D eigenvalue weighted by Crippen LogP contribution is -2.28. The highest BCUT2D eigenvalue weighted by atomic mass is 32.2. The highest BCUT2D eigenvalue weighted by Crippen LogP contribution is 2.24. The minimum absolute atomic E-state index is 0.367. The van der Waals surface area contributed by atoms with E-state index in [2.05, 4.69) is 10.0 Å². The topological polar surface area (TPSA) is 63.1 Å². The zero-order chi connectivity index (χ0) is 14.6. The molecule has 0 bridgehead atoms. The van der Waals surface area contributed by atoms with Crippen LogP contribution in [0.5, 0.6) is 0 Å². The number of nitrogens with one attached hydrogen (secondary N) is 2. The summed E-state index contributed by atoms with van der Waals surface area (Å²) in [5.41, 5.74) is 0.980. The number of hydrogen-bond donors (Lipinski definition) is 2. The van der Waals surface area contributed by atoms with Crippen molar-refractivity contribution < 1.29 is 8.42 Å². The zero-order valence-electron chi connectivity index (χ0n) is 12.4. The Morgan fingerprint density at radius 1 is 1.35 bits per heavy atom. The highest BCUT2D eigenvalue weighted by molar-refractivity contribution is 7.89. The zero-order valence-corrected chi connectivity index (χ0v) is 13.2. The second-order valence-electron chi connectivity index (χ2n) is 5.56. The van der Waals surface area contributed by atoms with Crippen LogP contribution in [0.3, 0.4) is 0 Å². The quantitative estimate of drug-likeness (QED) is 0.804. The average Bonchev–Trinajstić information content (AvgIpc) is 3.04. The molecule has 0 aliphatic heterocycles. The minimum Gasteiger partial charge on any atom is -0.352 e. The van der Waals surface area contributed by atoms with Gasteiger partial charge >= 0.3 is 0 Å². The summed E-state index contributed by atoms with van der Waals surface area (Å²) in [6.07, 6.45) is 6.42. The molecule has 20 heavy (non-hydrogen) atoms. The predicted octanol–water partition coefficient (Wildman–Crippen LogP) is 1.60. The van der Waals surface area contributed by atoms with Crippen molar-refractivity contribution in [2.24, 2.45) is 13.0 Å². The van der Waals surface area contributed by atoms with Gasteiger partial charge < -0.3 is 9.88 Å². The lowest BCUT2D eigenvalue weighted by atomic mass is 10.1. The van der Waals surface area contributed by atoms with Crippen LogP contribution in [0.15, 0.2) is 17.2 Å². The normalized spacial score (nSPS) is 16.9. The first-order valence-electron chi connectivity index (χ1n) is 7.38. The molecular formula is C14H25N3O2S. The lowest BCUT2D eigenvalue weighted by Gasteiger charge is -2.10. The van der Waals surface area contributed by atoms with E-state index in [4.69, 9.17) is 0 Å². The summed E-state index contributed by atoms with van der Waals surface area (Å²) < 4.78 is 29.2. The molecule has 0 amide bonds. The molecule has 1 aliphatic carbocycles. The van der Waals surface area contributed by atoms with Crippen LogP contribution in [0.1, 0.15) is 38.3 Å². The molecule has 0 spiro atoms. The molecular weight excluding hydrogens is 274 g/mol. The van der Waals surface area contributed by atoms with E-state index in [1.807, 2.05) is 18.5 Å². The van der Waals surface area contributed by atoms with Crippen molar-refractivity contribution in [3.8, 4) is 0 Å². The Labute approximate surface area is 121 Å². The smallest absolute Gasteiger partial charge is 0.242 e. The van der Waals surface area contributed by atoms with Crippen molar-refractivity contribution in [1.82, 2.24) is 14.6 Å². The molecule has 5 nitrogen and oxygen atoms in total. The van der Waals surface area contributed by atoms with Crippen molar-refractivity contribution in [2.45, 2.75) is 44.0 Å². The van der Waals surface area contributed by atoms with Crippen LogP contribution < -0.4 is 10.0 Å². The number of rotatable bonds is 7. The molecule has 0 unspecified atom stereocenters. The first kappa shape index (κ1) is 15.5. The van der Waals surface area contributed by atoms with Gasteiger partial charge in [0.25, 0.3) is 0 Å². The van der Waals surface area contributed by atoms with Crippen LogP contribution in [0.25, 0.3) is 0 Å². The molecule has 1 aromatic heterocycles. The average molecular weight is 299 g/mol. The van der Waals surface area contributed by atoms with Gasteiger partial charge in [-0.3, -0.25) is 0 Å². The van der Waals surface area contributed by atoms with Crippen LogP contribution in [-0.4, -0.2) is 26.1 Å². The first-order valence-corrected chi connectivity index (χ1v) is 8.87. The molecule has 1 fully saturated rings. The van der Waals surface area contributed by atoms with Gasteiger partial charge in [0.15, 0.2) is 0 Å². The molecule has 1 aliphatic rings. The molecule has 1 aromatic rings. The third kappa shape index (κ3) is 3.84. The molecule has 2 N–H and O–H groups in total. The third-order valence-electron chi connectivity index (χ3n) is 3.99. The third-order valence-corrected chi connectivity index (χ3v) is 5.38. The molecule has 1 heterocycles. The summed E-state index contributed by atoms with van der Waals surface area (Å²) in [6, 6.07) is 1.75. The number of nitrogens with zero attached hydrogens (tertiary/aromatic N) is 1. The predicted molar refractivity (Wildman–Crippen MR) is 79.9 cm³/mol. The van der Waals surface area contributed by atoms with Gasteiger partial charge in [-0.05, 0) is 31.4 Å². The Kier molecular flexibility index (Phi) is 5.23. The molecule has 0 aromatic carbocycles. The molecule has 0 radical (unpaired) electrons. The van der Waals surface area contributed by atoms with E-state index < -0.39 is 10.0 Å². The van der Waals surface area contributed by atoms with Gasteiger partial charge in [-0.1, -0.05) is 19.8 Å². The second kappa shape index (κ2) is 6.74. The maximum Gasteiger partial charge on any atom is 0.242 e. The lowest BCUT2D eigenvalue weighted by molar-refractivity contribution is 0.519. The van der Waals surface area contributed by atoms with E-state index in [0.717, 1.165) is 25.1 Å². The van der Waals surface area contributed by atoms with E-state index in [1.165, 1.54) is 12.8 Å².